The molecule has 0 amide bonds. The predicted octanol–water partition coefficient (Wildman–Crippen LogP) is 3.89. The number of nitrogens with zero attached hydrogens (tertiary/aromatic N) is 1. The number of hydrogen-bond acceptors (Lipinski definition) is 2. The van der Waals surface area contributed by atoms with E-state index in [1.54, 1.807) is 6.20 Å². The maximum absolute atomic E-state index is 9.52. The number of aliphatic hydroxyl groups is 1. The molecule has 16 heavy (non-hydrogen) atoms. The molecule has 2 nitrogen and oxygen atoms in total. The first kappa shape index (κ1) is 12.2. The number of rotatable bonds is 4. The second-order valence-electron chi connectivity index (χ2n) is 3.61. The zero-order valence-corrected chi connectivity index (χ0v) is 9.77. The Morgan fingerprint density at radius 2 is 2.19 bits per heavy atom. The number of hydrogen-bond donors (Lipinski definition) is 1. The number of aliphatic hydroxyl groups excluding tert-OH is 1. The Balaban J connectivity index is 3.06. The minimum atomic E-state index is 0.0406. The maximum atomic E-state index is 9.52. The summed E-state index contributed by atoms with van der Waals surface area (Å²) < 4.78 is 0. The minimum Gasteiger partial charge on any atom is -0.508 e. The summed E-state index contributed by atoms with van der Waals surface area (Å²) in [5.41, 5.74) is 2.64. The van der Waals surface area contributed by atoms with Crippen LogP contribution in [-0.2, 0) is 0 Å². The molecule has 0 aliphatic rings. The van der Waals surface area contributed by atoms with Gasteiger partial charge in [0, 0.05) is 11.8 Å². The lowest BCUT2D eigenvalue weighted by Crippen LogP contribution is -1.90. The van der Waals surface area contributed by atoms with Crippen LogP contribution >= 0.6 is 0 Å². The van der Waals surface area contributed by atoms with Crippen molar-refractivity contribution < 1.29 is 5.11 Å². The van der Waals surface area contributed by atoms with Crippen LogP contribution in [0.4, 0.5) is 0 Å². The van der Waals surface area contributed by atoms with Crippen LogP contribution in [0.15, 0.2) is 54.5 Å². The van der Waals surface area contributed by atoms with Crippen LogP contribution in [0.5, 0.6) is 0 Å². The van der Waals surface area contributed by atoms with Gasteiger partial charge in [-0.05, 0) is 31.6 Å². The van der Waals surface area contributed by atoms with Gasteiger partial charge in [-0.25, -0.2) is 0 Å². The van der Waals surface area contributed by atoms with Gasteiger partial charge in [0.05, 0.1) is 5.69 Å². The Kier molecular flexibility index (Phi) is 4.52. The van der Waals surface area contributed by atoms with E-state index >= 15 is 0 Å². The van der Waals surface area contributed by atoms with Crippen molar-refractivity contribution in [3.63, 3.8) is 0 Å². The first-order chi connectivity index (χ1) is 7.65. The summed E-state index contributed by atoms with van der Waals surface area (Å²) >= 11 is 0. The molecular weight excluding hydrogens is 198 g/mol. The quantitative estimate of drug-likeness (QED) is 0.610. The molecule has 1 heterocycles. The van der Waals surface area contributed by atoms with E-state index < -0.39 is 0 Å². The molecule has 84 valence electrons. The molecule has 0 saturated heterocycles. The molecule has 1 rings (SSSR count). The van der Waals surface area contributed by atoms with Gasteiger partial charge in [0.2, 0.25) is 0 Å². The van der Waals surface area contributed by atoms with Gasteiger partial charge in [-0.3, -0.25) is 4.98 Å². The van der Waals surface area contributed by atoms with Crippen LogP contribution in [0.25, 0.3) is 5.57 Å². The first-order valence-electron chi connectivity index (χ1n) is 5.32. The van der Waals surface area contributed by atoms with Crippen LogP contribution < -0.4 is 0 Å². The normalized spacial score (nSPS) is 12.6. The van der Waals surface area contributed by atoms with E-state index in [4.69, 9.17) is 0 Å². The van der Waals surface area contributed by atoms with Crippen LogP contribution in [0.2, 0.25) is 0 Å². The average Bonchev–Trinajstić information content (AvgIpc) is 2.30. The fourth-order valence-corrected chi connectivity index (χ4v) is 1.19. The van der Waals surface area contributed by atoms with E-state index in [1.165, 1.54) is 5.57 Å². The fourth-order valence-electron chi connectivity index (χ4n) is 1.19. The molecule has 0 bridgehead atoms. The van der Waals surface area contributed by atoms with Gasteiger partial charge in [0.1, 0.15) is 5.76 Å². The van der Waals surface area contributed by atoms with Gasteiger partial charge >= 0.3 is 0 Å². The molecule has 1 N–H and O–H groups in total. The molecule has 0 radical (unpaired) electrons. The van der Waals surface area contributed by atoms with Crippen molar-refractivity contribution in [1.82, 2.24) is 4.98 Å². The van der Waals surface area contributed by atoms with Crippen LogP contribution in [0.1, 0.15) is 26.0 Å². The lowest BCUT2D eigenvalue weighted by Gasteiger charge is -2.03. The predicted molar refractivity (Wildman–Crippen MR) is 68.0 cm³/mol. The van der Waals surface area contributed by atoms with Crippen LogP contribution in [0.3, 0.4) is 0 Å². The number of pyridine rings is 1. The standard InChI is InChI=1S/C14H17NO/c1-4-11(2)8-9-13(12(3)16)14-7-5-6-10-15-14/h5-10,16H,3-4H2,1-2H3/b11-8-,13-9+. The monoisotopic (exact) mass is 215 g/mol. The average molecular weight is 215 g/mol. The van der Waals surface area contributed by atoms with Crippen molar-refractivity contribution in [2.24, 2.45) is 0 Å². The highest BCUT2D eigenvalue weighted by molar-refractivity contribution is 5.75. The third-order valence-electron chi connectivity index (χ3n) is 2.34. The summed E-state index contributed by atoms with van der Waals surface area (Å²) in [4.78, 5) is 4.19. The second-order valence-corrected chi connectivity index (χ2v) is 3.61. The van der Waals surface area contributed by atoms with Gasteiger partial charge in [0.15, 0.2) is 0 Å². The van der Waals surface area contributed by atoms with Gasteiger partial charge < -0.3 is 5.11 Å². The Bertz CT molecular complexity index is 416. The summed E-state index contributed by atoms with van der Waals surface area (Å²) in [6.45, 7) is 7.69. The van der Waals surface area contributed by atoms with Gasteiger partial charge in [0.25, 0.3) is 0 Å². The van der Waals surface area contributed by atoms with Gasteiger partial charge in [-0.15, -0.1) is 0 Å². The lowest BCUT2D eigenvalue weighted by atomic mass is 10.1. The Hall–Kier alpha value is -1.83. The summed E-state index contributed by atoms with van der Waals surface area (Å²) in [6.07, 6.45) is 6.52. The van der Waals surface area contributed by atoms with Gasteiger partial charge in [-0.2, -0.15) is 0 Å². The molecule has 0 aromatic carbocycles. The smallest absolute Gasteiger partial charge is 0.117 e. The number of aromatic nitrogens is 1. The summed E-state index contributed by atoms with van der Waals surface area (Å²) in [7, 11) is 0. The highest BCUT2D eigenvalue weighted by Crippen LogP contribution is 2.18. The third kappa shape index (κ3) is 3.39. The molecule has 0 atom stereocenters. The van der Waals surface area contributed by atoms with E-state index in [0.29, 0.717) is 5.57 Å². The molecule has 0 aliphatic carbocycles. The summed E-state index contributed by atoms with van der Waals surface area (Å²) in [5, 5.41) is 9.52. The molecular formula is C14H17NO. The highest BCUT2D eigenvalue weighted by atomic mass is 16.3. The van der Waals surface area contributed by atoms with Crippen molar-refractivity contribution in [2.45, 2.75) is 20.3 Å². The van der Waals surface area contributed by atoms with E-state index in [2.05, 4.69) is 18.5 Å². The third-order valence-corrected chi connectivity index (χ3v) is 2.34. The van der Waals surface area contributed by atoms with E-state index in [9.17, 15) is 5.11 Å². The molecule has 2 heteroatoms. The van der Waals surface area contributed by atoms with Crippen molar-refractivity contribution in [3.05, 3.63) is 60.2 Å². The lowest BCUT2D eigenvalue weighted by molar-refractivity contribution is 0.440. The second kappa shape index (κ2) is 5.91. The molecule has 1 aromatic heterocycles. The Morgan fingerprint density at radius 1 is 1.44 bits per heavy atom. The van der Waals surface area contributed by atoms with Crippen molar-refractivity contribution >= 4 is 5.57 Å². The Labute approximate surface area is 96.7 Å². The van der Waals surface area contributed by atoms with Crippen molar-refractivity contribution in [1.29, 1.82) is 0 Å². The van der Waals surface area contributed by atoms with Crippen molar-refractivity contribution in [3.8, 4) is 0 Å². The first-order valence-corrected chi connectivity index (χ1v) is 5.32. The van der Waals surface area contributed by atoms with Crippen LogP contribution in [0, 0.1) is 0 Å². The molecule has 0 unspecified atom stereocenters. The molecule has 0 saturated carbocycles. The van der Waals surface area contributed by atoms with Gasteiger partial charge in [-0.1, -0.05) is 31.2 Å². The molecule has 1 aromatic rings. The molecule has 0 fully saturated rings. The number of allylic oxidation sites excluding steroid dienone is 4. The molecule has 0 aliphatic heterocycles. The largest absolute Gasteiger partial charge is 0.508 e. The minimum absolute atomic E-state index is 0.0406. The fraction of sp³-hybridized carbons (Fsp3) is 0.214. The van der Waals surface area contributed by atoms with E-state index in [1.807, 2.05) is 37.3 Å². The SMILES string of the molecule is C=C(O)/C(=C\C=C(\C)CC)c1ccccn1. The molecule has 0 spiro atoms. The maximum Gasteiger partial charge on any atom is 0.117 e. The zero-order chi connectivity index (χ0) is 12.0. The summed E-state index contributed by atoms with van der Waals surface area (Å²) in [6, 6.07) is 5.58. The zero-order valence-electron chi connectivity index (χ0n) is 9.77. The Morgan fingerprint density at radius 3 is 2.69 bits per heavy atom. The van der Waals surface area contributed by atoms with Crippen molar-refractivity contribution in [2.75, 3.05) is 0 Å². The highest BCUT2D eigenvalue weighted by Gasteiger charge is 2.04. The van der Waals surface area contributed by atoms with Crippen LogP contribution in [-0.4, -0.2) is 10.1 Å². The van der Waals surface area contributed by atoms with E-state index in [-0.39, 0.29) is 5.76 Å². The topological polar surface area (TPSA) is 33.1 Å². The van der Waals surface area contributed by atoms with E-state index in [0.717, 1.165) is 12.1 Å². The summed E-state index contributed by atoms with van der Waals surface area (Å²) in [5.74, 6) is 0.0406.